The van der Waals surface area contributed by atoms with E-state index < -0.39 is 0 Å². The van der Waals surface area contributed by atoms with Gasteiger partial charge in [-0.25, -0.2) is 0 Å². The van der Waals surface area contributed by atoms with Crippen molar-refractivity contribution in [2.45, 2.75) is 71.5 Å². The predicted octanol–water partition coefficient (Wildman–Crippen LogP) is 3.93. The van der Waals surface area contributed by atoms with Gasteiger partial charge >= 0.3 is 0 Å². The highest BCUT2D eigenvalue weighted by molar-refractivity contribution is 5.07. The minimum absolute atomic E-state index is 0.740. The van der Waals surface area contributed by atoms with Gasteiger partial charge in [0.25, 0.3) is 0 Å². The molecule has 1 aromatic rings. The lowest BCUT2D eigenvalue weighted by molar-refractivity contribution is 0.171. The van der Waals surface area contributed by atoms with Crippen molar-refractivity contribution in [3.05, 3.63) is 23.7 Å². The van der Waals surface area contributed by atoms with Crippen LogP contribution in [0.5, 0.6) is 0 Å². The van der Waals surface area contributed by atoms with E-state index in [0.29, 0.717) is 0 Å². The van der Waals surface area contributed by atoms with Gasteiger partial charge in [0.15, 0.2) is 0 Å². The number of rotatable bonds is 7. The van der Waals surface area contributed by atoms with Crippen LogP contribution < -0.4 is 5.32 Å². The van der Waals surface area contributed by atoms with Gasteiger partial charge in [-0.2, -0.15) is 0 Å². The minimum Gasteiger partial charge on any atom is -0.463 e. The maximum atomic E-state index is 5.96. The molecule has 20 heavy (non-hydrogen) atoms. The summed E-state index contributed by atoms with van der Waals surface area (Å²) in [6, 6.07) is 5.02. The van der Waals surface area contributed by atoms with E-state index in [9.17, 15) is 0 Å². The van der Waals surface area contributed by atoms with Gasteiger partial charge in [0.05, 0.1) is 13.1 Å². The number of nitrogens with zero attached hydrogens (tertiary/aromatic N) is 1. The summed E-state index contributed by atoms with van der Waals surface area (Å²) in [6.45, 7) is 8.61. The van der Waals surface area contributed by atoms with Gasteiger partial charge < -0.3 is 9.73 Å². The Labute approximate surface area is 123 Å². The van der Waals surface area contributed by atoms with Crippen LogP contribution in [0.3, 0.4) is 0 Å². The molecule has 0 aliphatic carbocycles. The highest BCUT2D eigenvalue weighted by atomic mass is 16.3. The first-order valence-electron chi connectivity index (χ1n) is 8.35. The molecule has 1 unspecified atom stereocenters. The molecule has 1 N–H and O–H groups in total. The summed E-state index contributed by atoms with van der Waals surface area (Å²) in [5, 5.41) is 3.39. The van der Waals surface area contributed by atoms with E-state index in [1.807, 2.05) is 0 Å². The number of likely N-dealkylation sites (tertiary alicyclic amines) is 1. The van der Waals surface area contributed by atoms with Crippen LogP contribution >= 0.6 is 0 Å². The summed E-state index contributed by atoms with van der Waals surface area (Å²) in [6.07, 6.45) is 7.88. The van der Waals surface area contributed by atoms with Crippen molar-refractivity contribution >= 4 is 0 Å². The van der Waals surface area contributed by atoms with Crippen molar-refractivity contribution in [3.8, 4) is 0 Å². The Bertz CT molecular complexity index is 375. The quantitative estimate of drug-likeness (QED) is 0.766. The molecule has 3 heteroatoms. The van der Waals surface area contributed by atoms with Gasteiger partial charge in [-0.05, 0) is 50.9 Å². The third-order valence-electron chi connectivity index (χ3n) is 4.27. The van der Waals surface area contributed by atoms with Crippen molar-refractivity contribution in [2.24, 2.45) is 0 Å². The summed E-state index contributed by atoms with van der Waals surface area (Å²) in [5.41, 5.74) is 0. The third-order valence-corrected chi connectivity index (χ3v) is 4.27. The normalized spacial score (nSPS) is 21.0. The molecule has 0 radical (unpaired) electrons. The van der Waals surface area contributed by atoms with Crippen LogP contribution in [0.2, 0.25) is 0 Å². The molecule has 1 aliphatic heterocycles. The van der Waals surface area contributed by atoms with E-state index >= 15 is 0 Å². The summed E-state index contributed by atoms with van der Waals surface area (Å²) in [4.78, 5) is 2.62. The van der Waals surface area contributed by atoms with Crippen LogP contribution in [0, 0.1) is 0 Å². The van der Waals surface area contributed by atoms with Crippen molar-refractivity contribution in [3.63, 3.8) is 0 Å². The molecule has 1 aromatic heterocycles. The van der Waals surface area contributed by atoms with Crippen molar-refractivity contribution in [1.82, 2.24) is 10.2 Å². The van der Waals surface area contributed by atoms with E-state index in [4.69, 9.17) is 4.42 Å². The third kappa shape index (κ3) is 4.64. The zero-order chi connectivity index (χ0) is 14.2. The van der Waals surface area contributed by atoms with Gasteiger partial charge in [0, 0.05) is 6.04 Å². The summed E-state index contributed by atoms with van der Waals surface area (Å²) in [5.74, 6) is 2.19. The average molecular weight is 278 g/mol. The molecule has 2 heterocycles. The minimum atomic E-state index is 0.740. The SMILES string of the molecule is CCCNCc1ccc(CN2CCCCCC2CC)o1. The Balaban J connectivity index is 1.87. The predicted molar refractivity (Wildman–Crippen MR) is 83.7 cm³/mol. The number of furan rings is 1. The molecule has 114 valence electrons. The van der Waals surface area contributed by atoms with Crippen LogP contribution in [0.25, 0.3) is 0 Å². The van der Waals surface area contributed by atoms with Gasteiger partial charge in [0.2, 0.25) is 0 Å². The molecular weight excluding hydrogens is 248 g/mol. The van der Waals surface area contributed by atoms with Crippen LogP contribution in [-0.4, -0.2) is 24.0 Å². The first kappa shape index (κ1) is 15.6. The summed E-state index contributed by atoms with van der Waals surface area (Å²) in [7, 11) is 0. The lowest BCUT2D eigenvalue weighted by Crippen LogP contribution is -2.33. The second-order valence-corrected chi connectivity index (χ2v) is 5.93. The van der Waals surface area contributed by atoms with Crippen LogP contribution in [0.1, 0.15) is 63.9 Å². The molecule has 2 rings (SSSR count). The Morgan fingerprint density at radius 3 is 2.85 bits per heavy atom. The fourth-order valence-corrected chi connectivity index (χ4v) is 3.10. The maximum Gasteiger partial charge on any atom is 0.118 e. The maximum absolute atomic E-state index is 5.96. The molecule has 3 nitrogen and oxygen atoms in total. The number of hydrogen-bond acceptors (Lipinski definition) is 3. The highest BCUT2D eigenvalue weighted by Gasteiger charge is 2.20. The largest absolute Gasteiger partial charge is 0.463 e. The monoisotopic (exact) mass is 278 g/mol. The summed E-state index contributed by atoms with van der Waals surface area (Å²) < 4.78 is 5.96. The van der Waals surface area contributed by atoms with Crippen LogP contribution in [0.15, 0.2) is 16.5 Å². The average Bonchev–Trinajstić information content (AvgIpc) is 2.77. The Hall–Kier alpha value is -0.800. The van der Waals surface area contributed by atoms with E-state index in [-0.39, 0.29) is 0 Å². The smallest absolute Gasteiger partial charge is 0.118 e. The van der Waals surface area contributed by atoms with Gasteiger partial charge in [-0.15, -0.1) is 0 Å². The van der Waals surface area contributed by atoms with Crippen molar-refractivity contribution < 1.29 is 4.42 Å². The van der Waals surface area contributed by atoms with Crippen molar-refractivity contribution in [1.29, 1.82) is 0 Å². The van der Waals surface area contributed by atoms with Crippen LogP contribution in [0.4, 0.5) is 0 Å². The van der Waals surface area contributed by atoms with E-state index in [1.165, 1.54) is 45.1 Å². The lowest BCUT2D eigenvalue weighted by atomic mass is 10.1. The van der Waals surface area contributed by atoms with Crippen molar-refractivity contribution in [2.75, 3.05) is 13.1 Å². The first-order chi connectivity index (χ1) is 9.83. The van der Waals surface area contributed by atoms with E-state index in [0.717, 1.165) is 37.2 Å². The molecule has 1 saturated heterocycles. The Morgan fingerprint density at radius 1 is 1.20 bits per heavy atom. The van der Waals surface area contributed by atoms with Gasteiger partial charge in [-0.1, -0.05) is 26.7 Å². The molecule has 1 fully saturated rings. The molecule has 1 aliphatic rings. The Kier molecular flexibility index (Phi) is 6.61. The zero-order valence-electron chi connectivity index (χ0n) is 13.2. The standard InChI is InChI=1S/C17H30N2O/c1-3-11-18-13-16-9-10-17(20-16)14-19-12-7-5-6-8-15(19)4-2/h9-10,15,18H,3-8,11-14H2,1-2H3. The molecule has 0 amide bonds. The second kappa shape index (κ2) is 8.48. The first-order valence-corrected chi connectivity index (χ1v) is 8.35. The fraction of sp³-hybridized carbons (Fsp3) is 0.765. The molecule has 0 aromatic carbocycles. The molecular formula is C17H30N2O. The zero-order valence-corrected chi connectivity index (χ0v) is 13.2. The second-order valence-electron chi connectivity index (χ2n) is 5.93. The highest BCUT2D eigenvalue weighted by Crippen LogP contribution is 2.22. The fourth-order valence-electron chi connectivity index (χ4n) is 3.10. The summed E-state index contributed by atoms with van der Waals surface area (Å²) >= 11 is 0. The number of hydrogen-bond donors (Lipinski definition) is 1. The lowest BCUT2D eigenvalue weighted by Gasteiger charge is -2.28. The Morgan fingerprint density at radius 2 is 2.05 bits per heavy atom. The number of nitrogens with one attached hydrogen (secondary N) is 1. The topological polar surface area (TPSA) is 28.4 Å². The molecule has 1 atom stereocenters. The molecule has 0 bridgehead atoms. The van der Waals surface area contributed by atoms with Gasteiger partial charge in [0.1, 0.15) is 11.5 Å². The van der Waals surface area contributed by atoms with Gasteiger partial charge in [-0.3, -0.25) is 4.90 Å². The van der Waals surface area contributed by atoms with Crippen LogP contribution in [-0.2, 0) is 13.1 Å². The van der Waals surface area contributed by atoms with E-state index in [1.54, 1.807) is 0 Å². The van der Waals surface area contributed by atoms with E-state index in [2.05, 4.69) is 36.2 Å². The molecule has 0 saturated carbocycles. The molecule has 0 spiro atoms.